The first kappa shape index (κ1) is 14.0. The molecular weight excluding hydrogens is 262 g/mol. The summed E-state index contributed by atoms with van der Waals surface area (Å²) in [6, 6.07) is 4.22. The number of halogens is 1. The zero-order valence-corrected chi connectivity index (χ0v) is 11.1. The molecule has 0 spiro atoms. The third-order valence-corrected chi connectivity index (χ3v) is 3.93. The minimum absolute atomic E-state index is 0.0637. The second-order valence-corrected chi connectivity index (χ2v) is 5.89. The van der Waals surface area contributed by atoms with Gasteiger partial charge in [0.15, 0.2) is 0 Å². The van der Waals surface area contributed by atoms with Crippen LogP contribution in [0.5, 0.6) is 5.75 Å². The molecule has 6 heteroatoms. The highest BCUT2D eigenvalue weighted by Gasteiger charge is 2.11. The smallest absolute Gasteiger partial charge is 0.251 e. The minimum atomic E-state index is -0.972. The lowest BCUT2D eigenvalue weighted by molar-refractivity contribution is 0.0954. The predicted molar refractivity (Wildman–Crippen MR) is 69.0 cm³/mol. The van der Waals surface area contributed by atoms with Gasteiger partial charge in [-0.1, -0.05) is 11.6 Å². The molecule has 0 fully saturated rings. The molecule has 0 aliphatic carbocycles. The van der Waals surface area contributed by atoms with Gasteiger partial charge in [0.05, 0.1) is 5.02 Å². The number of amides is 1. The van der Waals surface area contributed by atoms with Crippen molar-refractivity contribution < 1.29 is 14.1 Å². The van der Waals surface area contributed by atoms with E-state index in [0.717, 1.165) is 0 Å². The van der Waals surface area contributed by atoms with E-state index in [-0.39, 0.29) is 21.9 Å². The number of rotatable bonds is 4. The van der Waals surface area contributed by atoms with Crippen LogP contribution in [0.25, 0.3) is 0 Å². The van der Waals surface area contributed by atoms with Gasteiger partial charge in [0.2, 0.25) is 0 Å². The Labute approximate surface area is 107 Å². The van der Waals surface area contributed by atoms with Crippen molar-refractivity contribution in [2.24, 2.45) is 0 Å². The quantitative estimate of drug-likeness (QED) is 0.876. The molecule has 2 unspecified atom stereocenters. The number of phenols is 1. The highest BCUT2D eigenvalue weighted by Crippen LogP contribution is 2.23. The van der Waals surface area contributed by atoms with Crippen molar-refractivity contribution in [2.45, 2.75) is 12.2 Å². The lowest BCUT2D eigenvalue weighted by atomic mass is 10.2. The number of benzene rings is 1. The molecule has 2 atom stereocenters. The number of hydrogen-bond donors (Lipinski definition) is 2. The Bertz CT molecular complexity index is 450. The van der Waals surface area contributed by atoms with Crippen LogP contribution in [0.3, 0.4) is 0 Å². The molecule has 1 aromatic rings. The topological polar surface area (TPSA) is 66.4 Å². The number of aromatic hydroxyl groups is 1. The van der Waals surface area contributed by atoms with Crippen LogP contribution in [0.4, 0.5) is 0 Å². The molecule has 0 aliphatic rings. The van der Waals surface area contributed by atoms with E-state index in [9.17, 15) is 14.1 Å². The second kappa shape index (κ2) is 6.02. The lowest BCUT2D eigenvalue weighted by Crippen LogP contribution is -2.32. The summed E-state index contributed by atoms with van der Waals surface area (Å²) >= 11 is 5.69. The van der Waals surface area contributed by atoms with Crippen molar-refractivity contribution in [1.82, 2.24) is 5.32 Å². The molecule has 1 rings (SSSR count). The van der Waals surface area contributed by atoms with Crippen molar-refractivity contribution >= 4 is 28.3 Å². The highest BCUT2D eigenvalue weighted by atomic mass is 35.5. The summed E-state index contributed by atoms with van der Waals surface area (Å²) in [5.41, 5.74) is 0.363. The van der Waals surface area contributed by atoms with Gasteiger partial charge in [0.25, 0.3) is 5.91 Å². The number of hydrogen-bond acceptors (Lipinski definition) is 3. The normalized spacial score (nSPS) is 14.1. The largest absolute Gasteiger partial charge is 0.506 e. The predicted octanol–water partition coefficient (Wildman–Crippen LogP) is 1.54. The Morgan fingerprint density at radius 1 is 1.59 bits per heavy atom. The van der Waals surface area contributed by atoms with Gasteiger partial charge in [-0.25, -0.2) is 0 Å². The molecule has 0 bridgehead atoms. The van der Waals surface area contributed by atoms with Crippen LogP contribution < -0.4 is 5.32 Å². The van der Waals surface area contributed by atoms with Crippen LogP contribution in [0.15, 0.2) is 18.2 Å². The van der Waals surface area contributed by atoms with Crippen LogP contribution >= 0.6 is 11.6 Å². The van der Waals surface area contributed by atoms with Gasteiger partial charge in [0, 0.05) is 34.4 Å². The van der Waals surface area contributed by atoms with Crippen LogP contribution in [-0.2, 0) is 10.8 Å². The van der Waals surface area contributed by atoms with Crippen molar-refractivity contribution in [3.8, 4) is 5.75 Å². The number of carbonyl (C=O) groups excluding carboxylic acids is 1. The van der Waals surface area contributed by atoms with Gasteiger partial charge < -0.3 is 10.4 Å². The Hall–Kier alpha value is -1.07. The molecule has 1 amide bonds. The van der Waals surface area contributed by atoms with Crippen LogP contribution in [0.1, 0.15) is 17.3 Å². The molecular formula is C11H14ClNO3S. The fourth-order valence-electron chi connectivity index (χ4n) is 1.10. The second-order valence-electron chi connectivity index (χ2n) is 3.69. The summed E-state index contributed by atoms with van der Waals surface area (Å²) in [6.07, 6.45) is 1.59. The van der Waals surface area contributed by atoms with Gasteiger partial charge in [-0.05, 0) is 25.1 Å². The van der Waals surface area contributed by atoms with E-state index >= 15 is 0 Å². The van der Waals surface area contributed by atoms with Gasteiger partial charge in [-0.3, -0.25) is 9.00 Å². The maximum atomic E-state index is 11.7. The first-order chi connectivity index (χ1) is 7.91. The Kier molecular flexibility index (Phi) is 4.96. The molecule has 2 N–H and O–H groups in total. The Morgan fingerprint density at radius 3 is 2.76 bits per heavy atom. The molecule has 0 aliphatic heterocycles. The summed E-state index contributed by atoms with van der Waals surface area (Å²) in [5.74, 6) is -0.365. The monoisotopic (exact) mass is 275 g/mol. The summed E-state index contributed by atoms with van der Waals surface area (Å²) in [4.78, 5) is 11.7. The number of carbonyl (C=O) groups is 1. The highest BCUT2D eigenvalue weighted by molar-refractivity contribution is 7.84. The molecule has 0 aromatic heterocycles. The van der Waals surface area contributed by atoms with E-state index < -0.39 is 10.8 Å². The third kappa shape index (κ3) is 4.02. The van der Waals surface area contributed by atoms with Crippen molar-refractivity contribution in [3.05, 3.63) is 28.8 Å². The van der Waals surface area contributed by atoms with E-state index in [2.05, 4.69) is 5.32 Å². The molecule has 94 valence electrons. The molecule has 0 saturated heterocycles. The van der Waals surface area contributed by atoms with E-state index in [1.54, 1.807) is 13.2 Å². The van der Waals surface area contributed by atoms with Gasteiger partial charge in [0.1, 0.15) is 5.75 Å². The van der Waals surface area contributed by atoms with E-state index in [4.69, 9.17) is 11.6 Å². The summed E-state index contributed by atoms with van der Waals surface area (Å²) in [6.45, 7) is 2.13. The maximum absolute atomic E-state index is 11.7. The standard InChI is InChI=1S/C11H14ClNO3S/c1-7(17(2)16)6-13-11(15)8-3-4-10(14)9(12)5-8/h3-5,7,14H,6H2,1-2H3,(H,13,15). The van der Waals surface area contributed by atoms with E-state index in [1.165, 1.54) is 18.2 Å². The van der Waals surface area contributed by atoms with Crippen molar-refractivity contribution in [1.29, 1.82) is 0 Å². The lowest BCUT2D eigenvalue weighted by Gasteiger charge is -2.10. The average molecular weight is 276 g/mol. The molecule has 17 heavy (non-hydrogen) atoms. The molecule has 0 saturated carbocycles. The zero-order valence-electron chi connectivity index (χ0n) is 9.57. The maximum Gasteiger partial charge on any atom is 0.251 e. The molecule has 4 nitrogen and oxygen atoms in total. The van der Waals surface area contributed by atoms with Gasteiger partial charge in [-0.2, -0.15) is 0 Å². The first-order valence-electron chi connectivity index (χ1n) is 5.00. The van der Waals surface area contributed by atoms with E-state index in [1.807, 2.05) is 0 Å². The number of nitrogens with one attached hydrogen (secondary N) is 1. The average Bonchev–Trinajstić information content (AvgIpc) is 2.28. The van der Waals surface area contributed by atoms with Gasteiger partial charge >= 0.3 is 0 Å². The minimum Gasteiger partial charge on any atom is -0.506 e. The fourth-order valence-corrected chi connectivity index (χ4v) is 1.60. The Morgan fingerprint density at radius 2 is 2.24 bits per heavy atom. The Balaban J connectivity index is 2.64. The van der Waals surface area contributed by atoms with Gasteiger partial charge in [-0.15, -0.1) is 0 Å². The SMILES string of the molecule is CC(CNC(=O)c1ccc(O)c(Cl)c1)S(C)=O. The number of phenolic OH excluding ortho intramolecular Hbond substituents is 1. The summed E-state index contributed by atoms with van der Waals surface area (Å²) in [7, 11) is -0.972. The van der Waals surface area contributed by atoms with Crippen molar-refractivity contribution in [3.63, 3.8) is 0 Å². The first-order valence-corrected chi connectivity index (χ1v) is 7.00. The van der Waals surface area contributed by atoms with Crippen LogP contribution in [0, 0.1) is 0 Å². The molecule has 0 heterocycles. The van der Waals surface area contributed by atoms with Crippen molar-refractivity contribution in [2.75, 3.05) is 12.8 Å². The summed E-state index contributed by atoms with van der Waals surface area (Å²) < 4.78 is 11.1. The summed E-state index contributed by atoms with van der Waals surface area (Å²) in [5, 5.41) is 11.9. The zero-order chi connectivity index (χ0) is 13.0. The fraction of sp³-hybridized carbons (Fsp3) is 0.364. The molecule has 1 aromatic carbocycles. The van der Waals surface area contributed by atoms with Crippen LogP contribution in [-0.4, -0.2) is 33.3 Å². The van der Waals surface area contributed by atoms with Crippen LogP contribution in [0.2, 0.25) is 5.02 Å². The molecule has 0 radical (unpaired) electrons. The van der Waals surface area contributed by atoms with E-state index in [0.29, 0.717) is 12.1 Å². The third-order valence-electron chi connectivity index (χ3n) is 2.33.